The molecule has 0 aliphatic carbocycles. The van der Waals surface area contributed by atoms with Crippen molar-refractivity contribution in [3.63, 3.8) is 0 Å². The molecule has 20 heavy (non-hydrogen) atoms. The van der Waals surface area contributed by atoms with Crippen LogP contribution < -0.4 is 5.73 Å². The summed E-state index contributed by atoms with van der Waals surface area (Å²) < 4.78 is 46.8. The summed E-state index contributed by atoms with van der Waals surface area (Å²) in [5.41, 5.74) is 5.83. The van der Waals surface area contributed by atoms with Crippen LogP contribution in [0, 0.1) is 0 Å². The van der Waals surface area contributed by atoms with E-state index in [9.17, 15) is 13.0 Å². The van der Waals surface area contributed by atoms with E-state index in [-0.39, 0.29) is 35.7 Å². The Morgan fingerprint density at radius 1 is 1.15 bits per heavy atom. The molecule has 0 aliphatic rings. The minimum atomic E-state index is -3.62. The first-order valence-corrected chi connectivity index (χ1v) is 9.68. The van der Waals surface area contributed by atoms with Crippen molar-refractivity contribution in [2.45, 2.75) is 18.7 Å². The van der Waals surface area contributed by atoms with Gasteiger partial charge in [-0.25, -0.2) is 8.42 Å². The van der Waals surface area contributed by atoms with Crippen molar-refractivity contribution in [2.24, 2.45) is 0 Å². The van der Waals surface area contributed by atoms with Crippen LogP contribution in [0.1, 0.15) is 13.8 Å². The first-order chi connectivity index (χ1) is 9.34. The van der Waals surface area contributed by atoms with E-state index in [1.165, 1.54) is 12.1 Å². The Morgan fingerprint density at radius 3 is 2.20 bits per heavy atom. The van der Waals surface area contributed by atoms with Gasteiger partial charge in [0.2, 0.25) is 0 Å². The molecule has 0 atom stereocenters. The first-order valence-electron chi connectivity index (χ1n) is 6.30. The van der Waals surface area contributed by atoms with E-state index in [2.05, 4.69) is 0 Å². The van der Waals surface area contributed by atoms with Crippen molar-refractivity contribution in [3.8, 4) is 0 Å². The summed E-state index contributed by atoms with van der Waals surface area (Å²) in [4.78, 5) is 0.0412. The molecular weight excluding hydrogens is 301 g/mol. The SMILES string of the molecule is CCOP(=O)(CCS(=O)(=O)c1ccccc1N)OCC. The lowest BCUT2D eigenvalue weighted by Crippen LogP contribution is -2.14. The molecule has 6 nitrogen and oxygen atoms in total. The van der Waals surface area contributed by atoms with Crippen molar-refractivity contribution in [2.75, 3.05) is 30.9 Å². The number of anilines is 1. The average Bonchev–Trinajstić information content (AvgIpc) is 2.38. The van der Waals surface area contributed by atoms with Crippen LogP contribution in [0.2, 0.25) is 0 Å². The monoisotopic (exact) mass is 321 g/mol. The highest BCUT2D eigenvalue weighted by molar-refractivity contribution is 7.92. The molecule has 0 bridgehead atoms. The Hall–Kier alpha value is -0.880. The largest absolute Gasteiger partial charge is 0.398 e. The highest BCUT2D eigenvalue weighted by Gasteiger charge is 2.28. The Balaban J connectivity index is 2.87. The lowest BCUT2D eigenvalue weighted by atomic mass is 10.3. The predicted octanol–water partition coefficient (Wildman–Crippen LogP) is 2.31. The van der Waals surface area contributed by atoms with Crippen molar-refractivity contribution in [3.05, 3.63) is 24.3 Å². The van der Waals surface area contributed by atoms with Crippen LogP contribution in [-0.4, -0.2) is 33.5 Å². The fourth-order valence-corrected chi connectivity index (χ4v) is 5.57. The molecule has 1 rings (SSSR count). The van der Waals surface area contributed by atoms with E-state index >= 15 is 0 Å². The van der Waals surface area contributed by atoms with Gasteiger partial charge in [0.05, 0.1) is 35.7 Å². The number of nitrogens with two attached hydrogens (primary N) is 1. The highest BCUT2D eigenvalue weighted by Crippen LogP contribution is 2.48. The molecule has 0 aliphatic heterocycles. The molecule has 0 saturated carbocycles. The van der Waals surface area contributed by atoms with Gasteiger partial charge in [-0.2, -0.15) is 0 Å². The number of sulfone groups is 1. The average molecular weight is 321 g/mol. The van der Waals surface area contributed by atoms with Gasteiger partial charge in [0.1, 0.15) is 0 Å². The fraction of sp³-hybridized carbons (Fsp3) is 0.500. The molecule has 0 heterocycles. The normalized spacial score (nSPS) is 12.5. The molecule has 1 aromatic rings. The summed E-state index contributed by atoms with van der Waals surface area (Å²) in [7, 11) is -6.99. The van der Waals surface area contributed by atoms with Crippen LogP contribution >= 0.6 is 7.60 Å². The molecule has 1 aromatic carbocycles. The van der Waals surface area contributed by atoms with E-state index in [4.69, 9.17) is 14.8 Å². The number of hydrogen-bond donors (Lipinski definition) is 1. The molecular formula is C12H20NO5PS. The molecule has 0 fully saturated rings. The lowest BCUT2D eigenvalue weighted by Gasteiger charge is -2.17. The van der Waals surface area contributed by atoms with Crippen LogP contribution in [-0.2, 0) is 23.4 Å². The Bertz CT molecular complexity index is 577. The molecule has 0 amide bonds. The van der Waals surface area contributed by atoms with Gasteiger partial charge in [-0.15, -0.1) is 0 Å². The summed E-state index contributed by atoms with van der Waals surface area (Å²) in [5, 5.41) is 0. The van der Waals surface area contributed by atoms with E-state index in [1.54, 1.807) is 26.0 Å². The van der Waals surface area contributed by atoms with Gasteiger partial charge in [-0.05, 0) is 26.0 Å². The third-order valence-corrected chi connectivity index (χ3v) is 6.70. The first kappa shape index (κ1) is 17.2. The Morgan fingerprint density at radius 2 is 1.70 bits per heavy atom. The smallest absolute Gasteiger partial charge is 0.331 e. The zero-order valence-electron chi connectivity index (χ0n) is 11.6. The van der Waals surface area contributed by atoms with Gasteiger partial charge in [0, 0.05) is 0 Å². The summed E-state index contributed by atoms with van der Waals surface area (Å²) in [6.07, 6.45) is -0.189. The second kappa shape index (κ2) is 7.22. The molecule has 8 heteroatoms. The van der Waals surface area contributed by atoms with Crippen molar-refractivity contribution in [1.29, 1.82) is 0 Å². The summed E-state index contributed by atoms with van der Waals surface area (Å²) in [5.74, 6) is -0.335. The topological polar surface area (TPSA) is 95.7 Å². The van der Waals surface area contributed by atoms with Gasteiger partial charge in [0.15, 0.2) is 9.84 Å². The molecule has 2 N–H and O–H groups in total. The van der Waals surface area contributed by atoms with Gasteiger partial charge in [-0.3, -0.25) is 4.57 Å². The van der Waals surface area contributed by atoms with Gasteiger partial charge in [-0.1, -0.05) is 12.1 Å². The minimum Gasteiger partial charge on any atom is -0.398 e. The third-order valence-electron chi connectivity index (χ3n) is 2.54. The van der Waals surface area contributed by atoms with Gasteiger partial charge < -0.3 is 14.8 Å². The van der Waals surface area contributed by atoms with Crippen molar-refractivity contribution < 1.29 is 22.0 Å². The predicted molar refractivity (Wildman–Crippen MR) is 78.6 cm³/mol. The molecule has 0 spiro atoms. The van der Waals surface area contributed by atoms with E-state index in [1.807, 2.05) is 0 Å². The quantitative estimate of drug-likeness (QED) is 0.583. The number of nitrogen functional groups attached to an aromatic ring is 1. The summed E-state index contributed by atoms with van der Waals surface area (Å²) in [6, 6.07) is 6.18. The molecule has 114 valence electrons. The van der Waals surface area contributed by atoms with Crippen LogP contribution in [0.4, 0.5) is 5.69 Å². The van der Waals surface area contributed by atoms with Gasteiger partial charge in [0.25, 0.3) is 0 Å². The summed E-state index contributed by atoms with van der Waals surface area (Å²) in [6.45, 7) is 3.75. The van der Waals surface area contributed by atoms with Crippen LogP contribution in [0.25, 0.3) is 0 Å². The van der Waals surface area contributed by atoms with Crippen LogP contribution in [0.5, 0.6) is 0 Å². The maximum Gasteiger partial charge on any atom is 0.331 e. The number of rotatable bonds is 8. The van der Waals surface area contributed by atoms with E-state index in [0.717, 1.165) is 0 Å². The maximum atomic E-state index is 12.2. The van der Waals surface area contributed by atoms with Crippen molar-refractivity contribution in [1.82, 2.24) is 0 Å². The van der Waals surface area contributed by atoms with E-state index < -0.39 is 17.4 Å². The zero-order chi connectivity index (χ0) is 15.2. The fourth-order valence-electron chi connectivity index (χ4n) is 1.67. The number of para-hydroxylation sites is 1. The summed E-state index contributed by atoms with van der Waals surface area (Å²) >= 11 is 0. The second-order valence-electron chi connectivity index (χ2n) is 4.03. The molecule has 0 unspecified atom stereocenters. The number of benzene rings is 1. The minimum absolute atomic E-state index is 0.0412. The van der Waals surface area contributed by atoms with Crippen LogP contribution in [0.3, 0.4) is 0 Å². The molecule has 0 aromatic heterocycles. The zero-order valence-corrected chi connectivity index (χ0v) is 13.3. The molecule has 0 radical (unpaired) electrons. The lowest BCUT2D eigenvalue weighted by molar-refractivity contribution is 0.221. The highest BCUT2D eigenvalue weighted by atomic mass is 32.2. The Labute approximate surface area is 119 Å². The standard InChI is InChI=1S/C12H20NO5PS/c1-3-17-19(14,18-4-2)9-10-20(15,16)12-8-6-5-7-11(12)13/h5-8H,3-4,9-10,13H2,1-2H3. The van der Waals surface area contributed by atoms with Crippen LogP contribution in [0.15, 0.2) is 29.2 Å². The Kier molecular flexibility index (Phi) is 6.20. The third kappa shape index (κ3) is 4.59. The van der Waals surface area contributed by atoms with Gasteiger partial charge >= 0.3 is 7.60 Å². The molecule has 0 saturated heterocycles. The van der Waals surface area contributed by atoms with Crippen molar-refractivity contribution >= 4 is 23.1 Å². The maximum absolute atomic E-state index is 12.2. The van der Waals surface area contributed by atoms with E-state index in [0.29, 0.717) is 0 Å². The second-order valence-corrected chi connectivity index (χ2v) is 8.29. The number of hydrogen-bond acceptors (Lipinski definition) is 6.